The van der Waals surface area contributed by atoms with Gasteiger partial charge in [-0.3, -0.25) is 0 Å². The second-order valence-electron chi connectivity index (χ2n) is 4.97. The Kier molecular flexibility index (Phi) is 3.43. The van der Waals surface area contributed by atoms with Crippen LogP contribution in [0.3, 0.4) is 0 Å². The number of thiazole rings is 1. The van der Waals surface area contributed by atoms with Crippen LogP contribution in [0.1, 0.15) is 23.4 Å². The van der Waals surface area contributed by atoms with Gasteiger partial charge in [-0.05, 0) is 32.2 Å². The number of hydrogen-bond donors (Lipinski definition) is 1. The summed E-state index contributed by atoms with van der Waals surface area (Å²) in [6.07, 6.45) is 2.81. The summed E-state index contributed by atoms with van der Waals surface area (Å²) >= 11 is 1.81. The maximum absolute atomic E-state index is 4.67. The first-order chi connectivity index (χ1) is 8.83. The van der Waals surface area contributed by atoms with Crippen molar-refractivity contribution in [3.63, 3.8) is 0 Å². The highest BCUT2D eigenvalue weighted by atomic mass is 32.1. The molecule has 94 valence electrons. The molecule has 3 heteroatoms. The van der Waals surface area contributed by atoms with Crippen molar-refractivity contribution in [2.75, 3.05) is 6.54 Å². The average Bonchev–Trinajstić information content (AvgIpc) is 3.14. The molecule has 18 heavy (non-hydrogen) atoms. The van der Waals surface area contributed by atoms with Crippen LogP contribution >= 0.6 is 11.3 Å². The molecular weight excluding hydrogens is 240 g/mol. The Bertz CT molecular complexity index is 515. The lowest BCUT2D eigenvalue weighted by Crippen LogP contribution is -2.15. The fourth-order valence-electron chi connectivity index (χ4n) is 2.01. The third kappa shape index (κ3) is 2.79. The SMILES string of the molecule is Cc1nc(-c2ccccc2)sc1CNCC1CC1. The maximum Gasteiger partial charge on any atom is 0.123 e. The van der Waals surface area contributed by atoms with Gasteiger partial charge < -0.3 is 5.32 Å². The van der Waals surface area contributed by atoms with Crippen LogP contribution in [0.25, 0.3) is 10.6 Å². The van der Waals surface area contributed by atoms with Gasteiger partial charge in [0.2, 0.25) is 0 Å². The van der Waals surface area contributed by atoms with Gasteiger partial charge in [0, 0.05) is 17.0 Å². The highest BCUT2D eigenvalue weighted by Crippen LogP contribution is 2.29. The lowest BCUT2D eigenvalue weighted by atomic mass is 10.2. The molecule has 0 aliphatic heterocycles. The summed E-state index contributed by atoms with van der Waals surface area (Å²) < 4.78 is 0. The minimum atomic E-state index is 0.937. The standard InChI is InChI=1S/C15H18N2S/c1-11-14(10-16-9-12-7-8-12)18-15(17-11)13-5-3-2-4-6-13/h2-6,12,16H,7-10H2,1H3. The van der Waals surface area contributed by atoms with Crippen molar-refractivity contribution in [3.8, 4) is 10.6 Å². The van der Waals surface area contributed by atoms with Crippen LogP contribution in [0, 0.1) is 12.8 Å². The van der Waals surface area contributed by atoms with E-state index in [4.69, 9.17) is 0 Å². The van der Waals surface area contributed by atoms with Crippen LogP contribution in [-0.2, 0) is 6.54 Å². The van der Waals surface area contributed by atoms with E-state index in [2.05, 4.69) is 41.5 Å². The number of aromatic nitrogens is 1. The molecule has 1 N–H and O–H groups in total. The van der Waals surface area contributed by atoms with E-state index in [1.54, 1.807) is 0 Å². The van der Waals surface area contributed by atoms with Crippen molar-refractivity contribution in [1.29, 1.82) is 0 Å². The van der Waals surface area contributed by atoms with Crippen molar-refractivity contribution in [1.82, 2.24) is 10.3 Å². The van der Waals surface area contributed by atoms with Crippen LogP contribution in [0.4, 0.5) is 0 Å². The molecule has 0 bridgehead atoms. The smallest absolute Gasteiger partial charge is 0.123 e. The quantitative estimate of drug-likeness (QED) is 0.886. The Morgan fingerprint density at radius 3 is 2.78 bits per heavy atom. The molecule has 1 aliphatic carbocycles. The molecule has 0 spiro atoms. The maximum atomic E-state index is 4.67. The van der Waals surface area contributed by atoms with E-state index in [1.807, 2.05) is 17.4 Å². The van der Waals surface area contributed by atoms with Crippen LogP contribution in [0.15, 0.2) is 30.3 Å². The molecule has 1 fully saturated rings. The largest absolute Gasteiger partial charge is 0.312 e. The number of hydrogen-bond acceptors (Lipinski definition) is 3. The van der Waals surface area contributed by atoms with Gasteiger partial charge in [0.15, 0.2) is 0 Å². The van der Waals surface area contributed by atoms with Gasteiger partial charge in [-0.2, -0.15) is 0 Å². The fraction of sp³-hybridized carbons (Fsp3) is 0.400. The van der Waals surface area contributed by atoms with Crippen LogP contribution < -0.4 is 5.32 Å². The summed E-state index contributed by atoms with van der Waals surface area (Å²) in [6.45, 7) is 4.24. The van der Waals surface area contributed by atoms with E-state index >= 15 is 0 Å². The first-order valence-corrected chi connectivity index (χ1v) is 7.37. The first kappa shape index (κ1) is 11.9. The lowest BCUT2D eigenvalue weighted by Gasteiger charge is -2.00. The van der Waals surface area contributed by atoms with Crippen molar-refractivity contribution in [3.05, 3.63) is 40.9 Å². The highest BCUT2D eigenvalue weighted by molar-refractivity contribution is 7.15. The second-order valence-corrected chi connectivity index (χ2v) is 6.05. The number of aryl methyl sites for hydroxylation is 1. The number of nitrogens with zero attached hydrogens (tertiary/aromatic N) is 1. The molecule has 1 aliphatic rings. The predicted molar refractivity (Wildman–Crippen MR) is 76.7 cm³/mol. The number of rotatable bonds is 5. The Hall–Kier alpha value is -1.19. The van der Waals surface area contributed by atoms with Crippen molar-refractivity contribution in [2.24, 2.45) is 5.92 Å². The summed E-state index contributed by atoms with van der Waals surface area (Å²) in [4.78, 5) is 6.04. The van der Waals surface area contributed by atoms with Gasteiger partial charge in [-0.15, -0.1) is 11.3 Å². The summed E-state index contributed by atoms with van der Waals surface area (Å²) in [6, 6.07) is 10.4. The molecule has 2 nitrogen and oxygen atoms in total. The molecule has 0 radical (unpaired) electrons. The molecule has 3 rings (SSSR count). The molecule has 2 aromatic rings. The molecule has 1 heterocycles. The van der Waals surface area contributed by atoms with Gasteiger partial charge in [0.25, 0.3) is 0 Å². The van der Waals surface area contributed by atoms with E-state index in [1.165, 1.54) is 29.0 Å². The Labute approximate surface area is 112 Å². The van der Waals surface area contributed by atoms with E-state index < -0.39 is 0 Å². The minimum Gasteiger partial charge on any atom is -0.312 e. The highest BCUT2D eigenvalue weighted by Gasteiger charge is 2.20. The zero-order valence-electron chi connectivity index (χ0n) is 10.6. The van der Waals surface area contributed by atoms with E-state index in [9.17, 15) is 0 Å². The predicted octanol–water partition coefficient (Wildman–Crippen LogP) is 3.62. The Balaban J connectivity index is 1.69. The van der Waals surface area contributed by atoms with Gasteiger partial charge >= 0.3 is 0 Å². The summed E-state index contributed by atoms with van der Waals surface area (Å²) in [5, 5.41) is 4.68. The second kappa shape index (κ2) is 5.21. The number of benzene rings is 1. The van der Waals surface area contributed by atoms with E-state index in [0.717, 1.165) is 24.0 Å². The van der Waals surface area contributed by atoms with Gasteiger partial charge in [0.1, 0.15) is 5.01 Å². The fourth-order valence-corrected chi connectivity index (χ4v) is 3.05. The van der Waals surface area contributed by atoms with Crippen LogP contribution in [-0.4, -0.2) is 11.5 Å². The van der Waals surface area contributed by atoms with Crippen molar-refractivity contribution < 1.29 is 0 Å². The van der Waals surface area contributed by atoms with Crippen molar-refractivity contribution >= 4 is 11.3 Å². The zero-order valence-corrected chi connectivity index (χ0v) is 11.5. The third-order valence-corrected chi connectivity index (χ3v) is 4.54. The summed E-state index contributed by atoms with van der Waals surface area (Å²) in [7, 11) is 0. The monoisotopic (exact) mass is 258 g/mol. The normalized spacial score (nSPS) is 14.9. The molecule has 0 unspecified atom stereocenters. The lowest BCUT2D eigenvalue weighted by molar-refractivity contribution is 0.641. The molecule has 1 aromatic heterocycles. The first-order valence-electron chi connectivity index (χ1n) is 6.55. The molecule has 1 saturated carbocycles. The van der Waals surface area contributed by atoms with Gasteiger partial charge in [-0.1, -0.05) is 30.3 Å². The van der Waals surface area contributed by atoms with Crippen LogP contribution in [0.5, 0.6) is 0 Å². The van der Waals surface area contributed by atoms with E-state index in [-0.39, 0.29) is 0 Å². The van der Waals surface area contributed by atoms with E-state index in [0.29, 0.717) is 0 Å². The Morgan fingerprint density at radius 2 is 2.06 bits per heavy atom. The molecule has 0 atom stereocenters. The topological polar surface area (TPSA) is 24.9 Å². The van der Waals surface area contributed by atoms with Gasteiger partial charge in [-0.25, -0.2) is 4.98 Å². The summed E-state index contributed by atoms with van der Waals surface area (Å²) in [5.41, 5.74) is 2.39. The number of nitrogens with one attached hydrogen (secondary N) is 1. The van der Waals surface area contributed by atoms with Crippen LogP contribution in [0.2, 0.25) is 0 Å². The minimum absolute atomic E-state index is 0.937. The molecular formula is C15H18N2S. The Morgan fingerprint density at radius 1 is 1.28 bits per heavy atom. The summed E-state index contributed by atoms with van der Waals surface area (Å²) in [5.74, 6) is 0.937. The molecule has 0 amide bonds. The molecule has 1 aromatic carbocycles. The third-order valence-electron chi connectivity index (χ3n) is 3.33. The van der Waals surface area contributed by atoms with Crippen molar-refractivity contribution in [2.45, 2.75) is 26.3 Å². The zero-order chi connectivity index (χ0) is 12.4. The van der Waals surface area contributed by atoms with Gasteiger partial charge in [0.05, 0.1) is 5.69 Å². The molecule has 0 saturated heterocycles. The average molecular weight is 258 g/mol.